The van der Waals surface area contributed by atoms with Crippen molar-refractivity contribution in [3.05, 3.63) is 199 Å². The van der Waals surface area contributed by atoms with Crippen LogP contribution in [0.5, 0.6) is 11.5 Å². The van der Waals surface area contributed by atoms with Crippen LogP contribution in [0.3, 0.4) is 0 Å². The summed E-state index contributed by atoms with van der Waals surface area (Å²) < 4.78 is 91.2. The number of nitrogens with zero attached hydrogens (tertiary/aromatic N) is 4. The Balaban J connectivity index is 0.00000656. The van der Waals surface area contributed by atoms with Crippen LogP contribution in [0.4, 0.5) is 0 Å². The average Bonchev–Trinajstić information content (AvgIpc) is 3.92. The van der Waals surface area contributed by atoms with E-state index in [-0.39, 0.29) is 79.2 Å². The molecule has 0 fully saturated rings. The molecule has 6 heteroatoms. The quantitative estimate of drug-likeness (QED) is 0.112. The van der Waals surface area contributed by atoms with Crippen molar-refractivity contribution in [2.45, 2.75) is 65.7 Å². The fraction of sp³-hybridized carbons (Fsp3) is 0.172. The number of pyridine rings is 1. The van der Waals surface area contributed by atoms with E-state index >= 15 is 0 Å². The molecule has 0 atom stereocenters. The van der Waals surface area contributed by atoms with Crippen LogP contribution >= 0.6 is 0 Å². The number of aromatic nitrogens is 4. The number of hydrogen-bond donors (Lipinski definition) is 0. The Labute approximate surface area is 403 Å². The molecule has 3 heterocycles. The molecule has 10 aromatic rings. The van der Waals surface area contributed by atoms with Gasteiger partial charge >= 0.3 is 0 Å². The SMILES string of the molecule is [2H]c1c([2H])c([2H])c(-c2cccc(-c3cc(C(C)(C)C)cc(C(C)(C)C)c3)c2-[n+]2[c-]n(-c3[c-]c(Oc4[c-]c5c(cc4)c4c([2H])c([2H])c([2H])c([2H])c4n5-c4cc(CC)ccn4)ccc3)c3ccccc32)c([2H])c1[2H].[Pt]. The van der Waals surface area contributed by atoms with Crippen molar-refractivity contribution >= 4 is 32.8 Å². The minimum atomic E-state index is -0.472. The molecule has 0 saturated carbocycles. The molecule has 0 unspecified atom stereocenters. The second kappa shape index (κ2) is 16.9. The first-order valence-electron chi connectivity index (χ1n) is 25.6. The van der Waals surface area contributed by atoms with Gasteiger partial charge in [0, 0.05) is 44.3 Å². The standard InChI is InChI=1S/C58H50N4O.Pt/c1-8-39-30-31-59-55(32-39)62-51-25-13-12-22-49(51)50-29-28-46(37-54(50)62)63-45-21-16-20-44(36-45)60-38-61(53-27-15-14-26-52(53)60)56-47(40-18-10-9-11-19-40)23-17-24-48(56)41-33-42(57(2,3)4)35-43(34-41)58(5,6)7;/h9-35H,8H2,1-7H3;/q-2;/i9D,10D,11D,12D,13D,18D,19D,22D,25D;. The molecular weight excluding hydrogens is 964 g/mol. The zero-order valence-corrected chi connectivity index (χ0v) is 38.9. The van der Waals surface area contributed by atoms with Gasteiger partial charge in [0.25, 0.3) is 6.33 Å². The summed E-state index contributed by atoms with van der Waals surface area (Å²) in [6.07, 6.45) is 6.03. The largest absolute Gasteiger partial charge is 0.510 e. The summed E-state index contributed by atoms with van der Waals surface area (Å²) in [6, 6.07) is 36.7. The van der Waals surface area contributed by atoms with Gasteiger partial charge in [0.1, 0.15) is 5.82 Å². The van der Waals surface area contributed by atoms with E-state index in [4.69, 9.17) is 14.3 Å². The molecule has 0 bridgehead atoms. The van der Waals surface area contributed by atoms with Crippen LogP contribution in [0.25, 0.3) is 72.3 Å². The fourth-order valence-corrected chi connectivity index (χ4v) is 8.12. The third-order valence-electron chi connectivity index (χ3n) is 11.5. The van der Waals surface area contributed by atoms with E-state index in [0.717, 1.165) is 45.3 Å². The molecule has 0 amide bonds. The molecule has 0 N–H and O–H groups in total. The van der Waals surface area contributed by atoms with Crippen molar-refractivity contribution < 1.29 is 42.7 Å². The van der Waals surface area contributed by atoms with Gasteiger partial charge in [-0.3, -0.25) is 4.57 Å². The molecule has 5 nitrogen and oxygen atoms in total. The van der Waals surface area contributed by atoms with Gasteiger partial charge in [-0.15, -0.1) is 29.7 Å². The minimum absolute atomic E-state index is 0. The molecule has 7 aromatic carbocycles. The Morgan fingerprint density at radius 3 is 2.09 bits per heavy atom. The maximum Gasteiger partial charge on any atom is 0.268 e. The van der Waals surface area contributed by atoms with Crippen LogP contribution < -0.4 is 9.30 Å². The summed E-state index contributed by atoms with van der Waals surface area (Å²) in [4.78, 5) is 4.64. The average molecular weight is 1020 g/mol. The number of para-hydroxylation sites is 4. The summed E-state index contributed by atoms with van der Waals surface area (Å²) in [5, 5.41) is 0.916. The predicted molar refractivity (Wildman–Crippen MR) is 258 cm³/mol. The molecule has 64 heavy (non-hydrogen) atoms. The first-order chi connectivity index (χ1) is 34.2. The third kappa shape index (κ3) is 7.88. The van der Waals surface area contributed by atoms with E-state index < -0.39 is 18.1 Å². The van der Waals surface area contributed by atoms with Crippen LogP contribution in [0.1, 0.15) is 77.5 Å². The maximum atomic E-state index is 9.18. The molecule has 3 aromatic heterocycles. The van der Waals surface area contributed by atoms with Gasteiger partial charge in [-0.25, -0.2) is 4.98 Å². The predicted octanol–water partition coefficient (Wildman–Crippen LogP) is 14.1. The second-order valence-electron chi connectivity index (χ2n) is 17.8. The summed E-state index contributed by atoms with van der Waals surface area (Å²) in [5.74, 6) is 1.13. The topological polar surface area (TPSA) is 35.9 Å². The van der Waals surface area contributed by atoms with Crippen LogP contribution in [0.15, 0.2) is 164 Å². The zero-order chi connectivity index (χ0) is 51.3. The van der Waals surface area contributed by atoms with E-state index in [1.165, 1.54) is 0 Å². The maximum absolute atomic E-state index is 9.18. The molecular formula is C58H50N4OPt-2. The van der Waals surface area contributed by atoms with E-state index in [1.807, 2.05) is 76.7 Å². The Morgan fingerprint density at radius 1 is 0.656 bits per heavy atom. The summed E-state index contributed by atoms with van der Waals surface area (Å²) in [6.45, 7) is 15.1. The van der Waals surface area contributed by atoms with Crippen LogP contribution in [0, 0.1) is 18.5 Å². The van der Waals surface area contributed by atoms with Crippen molar-refractivity contribution in [2.24, 2.45) is 0 Å². The number of ether oxygens (including phenoxy) is 1. The van der Waals surface area contributed by atoms with Gasteiger partial charge in [-0.05, 0) is 85.4 Å². The van der Waals surface area contributed by atoms with Crippen molar-refractivity contribution in [1.82, 2.24) is 14.1 Å². The van der Waals surface area contributed by atoms with Crippen molar-refractivity contribution in [3.8, 4) is 50.9 Å². The molecule has 0 aliphatic carbocycles. The molecule has 0 aliphatic rings. The summed E-state index contributed by atoms with van der Waals surface area (Å²) >= 11 is 0. The first-order valence-corrected chi connectivity index (χ1v) is 21.1. The van der Waals surface area contributed by atoms with Gasteiger partial charge in [0.15, 0.2) is 0 Å². The van der Waals surface area contributed by atoms with E-state index in [2.05, 4.69) is 83.2 Å². The monoisotopic (exact) mass is 1020 g/mol. The number of benzene rings is 7. The first kappa shape index (κ1) is 33.0. The van der Waals surface area contributed by atoms with Gasteiger partial charge in [0.2, 0.25) is 0 Å². The number of imidazole rings is 1. The molecule has 0 aliphatic heterocycles. The van der Waals surface area contributed by atoms with Gasteiger partial charge in [-0.2, -0.15) is 18.2 Å². The van der Waals surface area contributed by atoms with Crippen molar-refractivity contribution in [2.75, 3.05) is 0 Å². The van der Waals surface area contributed by atoms with Gasteiger partial charge in [-0.1, -0.05) is 163 Å². The third-order valence-corrected chi connectivity index (χ3v) is 11.5. The Morgan fingerprint density at radius 2 is 1.34 bits per heavy atom. The normalized spacial score (nSPS) is 13.9. The number of aryl methyl sites for hydroxylation is 1. The van der Waals surface area contributed by atoms with Gasteiger partial charge < -0.3 is 13.9 Å². The van der Waals surface area contributed by atoms with Crippen LogP contribution in [0.2, 0.25) is 0 Å². The zero-order valence-electron chi connectivity index (χ0n) is 45.6. The van der Waals surface area contributed by atoms with E-state index in [0.29, 0.717) is 50.5 Å². The fourth-order valence-electron chi connectivity index (χ4n) is 8.12. The van der Waals surface area contributed by atoms with Crippen molar-refractivity contribution in [1.29, 1.82) is 0 Å². The van der Waals surface area contributed by atoms with Gasteiger partial charge in [0.05, 0.1) is 29.1 Å². The number of fused-ring (bicyclic) bond motifs is 4. The molecule has 0 spiro atoms. The Bertz CT molecular complexity index is 3810. The van der Waals surface area contributed by atoms with Crippen LogP contribution in [-0.2, 0) is 38.3 Å². The smallest absolute Gasteiger partial charge is 0.268 e. The number of rotatable bonds is 8. The molecule has 0 saturated heterocycles. The molecule has 320 valence electrons. The minimum Gasteiger partial charge on any atom is -0.510 e. The van der Waals surface area contributed by atoms with Crippen LogP contribution in [-0.4, -0.2) is 14.1 Å². The molecule has 10 rings (SSSR count). The second-order valence-corrected chi connectivity index (χ2v) is 17.8. The molecule has 0 radical (unpaired) electrons. The van der Waals surface area contributed by atoms with Crippen molar-refractivity contribution in [3.63, 3.8) is 0 Å². The number of hydrogen-bond acceptors (Lipinski definition) is 2. The Hall–Kier alpha value is -6.55. The summed E-state index contributed by atoms with van der Waals surface area (Å²) in [5.41, 5.74) is 8.35. The van der Waals surface area contributed by atoms with E-state index in [1.54, 1.807) is 35.0 Å². The Kier molecular flexibility index (Phi) is 8.70. The van der Waals surface area contributed by atoms with E-state index in [9.17, 15) is 2.74 Å². The summed E-state index contributed by atoms with van der Waals surface area (Å²) in [7, 11) is 0.